The van der Waals surface area contributed by atoms with Crippen molar-refractivity contribution in [3.63, 3.8) is 0 Å². The standard InChI is InChI=1S/C13H19N3O5/c1-7(2)12(19)14-10-3-4-16(13(20)15-10)11-5-8(18)9(6-17)21-11/h3-4,7-9,11,17-18H,5-6H2,1-2H3,(H,14,15,19,20)/t8-,9+,11-/m0/s1. The molecule has 2 heterocycles. The summed E-state index contributed by atoms with van der Waals surface area (Å²) in [5.41, 5.74) is -0.590. The number of carbonyl (C=O) groups excluding carboxylic acids is 1. The van der Waals surface area contributed by atoms with Crippen molar-refractivity contribution in [3.8, 4) is 0 Å². The lowest BCUT2D eigenvalue weighted by molar-refractivity contribution is -0.118. The number of aromatic nitrogens is 2. The van der Waals surface area contributed by atoms with Gasteiger partial charge >= 0.3 is 5.69 Å². The summed E-state index contributed by atoms with van der Waals surface area (Å²) in [4.78, 5) is 27.3. The fourth-order valence-corrected chi connectivity index (χ4v) is 2.02. The lowest BCUT2D eigenvalue weighted by Crippen LogP contribution is -2.29. The normalized spacial score (nSPS) is 25.3. The van der Waals surface area contributed by atoms with E-state index in [9.17, 15) is 14.7 Å². The maximum atomic E-state index is 12.0. The van der Waals surface area contributed by atoms with E-state index in [2.05, 4.69) is 10.3 Å². The lowest BCUT2D eigenvalue weighted by atomic mass is 10.2. The van der Waals surface area contributed by atoms with Gasteiger partial charge in [-0.05, 0) is 6.07 Å². The Bertz CT molecular complexity index is 571. The number of aliphatic hydroxyl groups is 2. The summed E-state index contributed by atoms with van der Waals surface area (Å²) in [5.74, 6) is -0.271. The molecule has 0 aromatic carbocycles. The Morgan fingerprint density at radius 3 is 2.86 bits per heavy atom. The fourth-order valence-electron chi connectivity index (χ4n) is 2.02. The van der Waals surface area contributed by atoms with Gasteiger partial charge in [0.15, 0.2) is 0 Å². The van der Waals surface area contributed by atoms with E-state index in [1.54, 1.807) is 13.8 Å². The van der Waals surface area contributed by atoms with Gasteiger partial charge in [0.05, 0.1) is 12.7 Å². The van der Waals surface area contributed by atoms with Crippen LogP contribution in [0.15, 0.2) is 17.1 Å². The molecule has 2 rings (SSSR count). The van der Waals surface area contributed by atoms with Crippen LogP contribution in [0.25, 0.3) is 0 Å². The molecule has 0 unspecified atom stereocenters. The molecule has 1 amide bonds. The summed E-state index contributed by atoms with van der Waals surface area (Å²) < 4.78 is 6.61. The molecule has 1 aliphatic rings. The fraction of sp³-hybridized carbons (Fsp3) is 0.615. The van der Waals surface area contributed by atoms with Crippen molar-refractivity contribution in [1.82, 2.24) is 9.55 Å². The van der Waals surface area contributed by atoms with Crippen molar-refractivity contribution < 1.29 is 19.7 Å². The zero-order chi connectivity index (χ0) is 15.6. The Balaban J connectivity index is 2.13. The molecule has 0 aliphatic carbocycles. The molecule has 0 radical (unpaired) electrons. The van der Waals surface area contributed by atoms with Crippen molar-refractivity contribution in [2.24, 2.45) is 5.92 Å². The van der Waals surface area contributed by atoms with Crippen molar-refractivity contribution in [2.45, 2.75) is 38.7 Å². The number of hydrogen-bond acceptors (Lipinski definition) is 6. The van der Waals surface area contributed by atoms with Gasteiger partial charge < -0.3 is 20.3 Å². The van der Waals surface area contributed by atoms with Crippen LogP contribution in [0.4, 0.5) is 5.82 Å². The SMILES string of the molecule is CC(C)C(=O)Nc1ccn([C@@H]2C[C@H](O)[C@@H](CO)O2)c(=O)n1. The van der Waals surface area contributed by atoms with Gasteiger partial charge in [-0.25, -0.2) is 4.79 Å². The highest BCUT2D eigenvalue weighted by Gasteiger charge is 2.34. The summed E-state index contributed by atoms with van der Waals surface area (Å²) in [6.07, 6.45) is -0.561. The van der Waals surface area contributed by atoms with Gasteiger partial charge in [0.2, 0.25) is 5.91 Å². The monoisotopic (exact) mass is 297 g/mol. The second-order valence-corrected chi connectivity index (χ2v) is 5.26. The molecule has 8 nitrogen and oxygen atoms in total. The van der Waals surface area contributed by atoms with Gasteiger partial charge in [0.25, 0.3) is 0 Å². The third kappa shape index (κ3) is 3.46. The molecular weight excluding hydrogens is 278 g/mol. The van der Waals surface area contributed by atoms with E-state index in [0.29, 0.717) is 0 Å². The molecule has 21 heavy (non-hydrogen) atoms. The van der Waals surface area contributed by atoms with Crippen molar-refractivity contribution >= 4 is 11.7 Å². The number of rotatable bonds is 4. The molecule has 1 aromatic heterocycles. The first-order chi connectivity index (χ1) is 9.92. The zero-order valence-corrected chi connectivity index (χ0v) is 11.9. The van der Waals surface area contributed by atoms with Crippen LogP contribution in [0.2, 0.25) is 0 Å². The van der Waals surface area contributed by atoms with E-state index in [4.69, 9.17) is 9.84 Å². The quantitative estimate of drug-likeness (QED) is 0.689. The molecule has 1 aliphatic heterocycles. The van der Waals surface area contributed by atoms with Crippen LogP contribution in [0, 0.1) is 5.92 Å². The molecule has 0 spiro atoms. The Morgan fingerprint density at radius 2 is 2.33 bits per heavy atom. The highest BCUT2D eigenvalue weighted by atomic mass is 16.5. The number of hydrogen-bond donors (Lipinski definition) is 3. The minimum absolute atomic E-state index is 0.173. The Labute approximate surface area is 121 Å². The maximum Gasteiger partial charge on any atom is 0.351 e. The smallest absolute Gasteiger partial charge is 0.351 e. The molecule has 8 heteroatoms. The highest BCUT2D eigenvalue weighted by Crippen LogP contribution is 2.27. The van der Waals surface area contributed by atoms with Crippen LogP contribution in [0.1, 0.15) is 26.5 Å². The van der Waals surface area contributed by atoms with E-state index in [-0.39, 0.29) is 30.7 Å². The van der Waals surface area contributed by atoms with E-state index >= 15 is 0 Å². The molecule has 1 fully saturated rings. The average molecular weight is 297 g/mol. The number of anilines is 1. The van der Waals surface area contributed by atoms with Crippen molar-refractivity contribution in [2.75, 3.05) is 11.9 Å². The Hall–Kier alpha value is -1.77. The van der Waals surface area contributed by atoms with E-state index in [0.717, 1.165) is 0 Å². The molecule has 3 N–H and O–H groups in total. The first-order valence-corrected chi connectivity index (χ1v) is 6.76. The van der Waals surface area contributed by atoms with E-state index in [1.807, 2.05) is 0 Å². The van der Waals surface area contributed by atoms with Crippen LogP contribution in [0.3, 0.4) is 0 Å². The van der Waals surface area contributed by atoms with Gasteiger partial charge in [0.1, 0.15) is 18.1 Å². The summed E-state index contributed by atoms with van der Waals surface area (Å²) in [6.45, 7) is 3.15. The minimum Gasteiger partial charge on any atom is -0.394 e. The summed E-state index contributed by atoms with van der Waals surface area (Å²) in [5, 5.41) is 21.2. The molecular formula is C13H19N3O5. The first-order valence-electron chi connectivity index (χ1n) is 6.76. The third-order valence-corrected chi connectivity index (χ3v) is 3.30. The number of amides is 1. The summed E-state index contributed by atoms with van der Waals surface area (Å²) in [7, 11) is 0. The predicted octanol–water partition coefficient (Wildman–Crippen LogP) is -0.522. The van der Waals surface area contributed by atoms with Crippen LogP contribution >= 0.6 is 0 Å². The number of nitrogens with zero attached hydrogens (tertiary/aromatic N) is 2. The van der Waals surface area contributed by atoms with E-state index < -0.39 is 24.1 Å². The summed E-state index contributed by atoms with van der Waals surface area (Å²) >= 11 is 0. The molecule has 116 valence electrons. The second-order valence-electron chi connectivity index (χ2n) is 5.26. The van der Waals surface area contributed by atoms with Gasteiger partial charge in [-0.15, -0.1) is 0 Å². The average Bonchev–Trinajstić information content (AvgIpc) is 2.79. The van der Waals surface area contributed by atoms with Gasteiger partial charge in [0, 0.05) is 18.5 Å². The zero-order valence-electron chi connectivity index (χ0n) is 11.9. The van der Waals surface area contributed by atoms with E-state index in [1.165, 1.54) is 16.8 Å². The molecule has 0 saturated carbocycles. The Morgan fingerprint density at radius 1 is 1.62 bits per heavy atom. The van der Waals surface area contributed by atoms with Crippen LogP contribution in [-0.2, 0) is 9.53 Å². The van der Waals surface area contributed by atoms with Crippen LogP contribution < -0.4 is 11.0 Å². The summed E-state index contributed by atoms with van der Waals surface area (Å²) in [6, 6.07) is 1.49. The number of nitrogens with one attached hydrogen (secondary N) is 1. The predicted molar refractivity (Wildman–Crippen MR) is 73.6 cm³/mol. The van der Waals surface area contributed by atoms with Crippen LogP contribution in [0.5, 0.6) is 0 Å². The first kappa shape index (κ1) is 15.6. The molecule has 3 atom stereocenters. The topological polar surface area (TPSA) is 114 Å². The highest BCUT2D eigenvalue weighted by molar-refractivity contribution is 5.90. The van der Waals surface area contributed by atoms with Gasteiger partial charge in [-0.2, -0.15) is 4.98 Å². The Kier molecular flexibility index (Phi) is 4.71. The van der Waals surface area contributed by atoms with Crippen molar-refractivity contribution in [3.05, 3.63) is 22.7 Å². The second kappa shape index (κ2) is 6.33. The van der Waals surface area contributed by atoms with Gasteiger partial charge in [-0.1, -0.05) is 13.8 Å². The maximum absolute atomic E-state index is 12.0. The molecule has 1 saturated heterocycles. The molecule has 0 bridgehead atoms. The molecule has 1 aromatic rings. The largest absolute Gasteiger partial charge is 0.394 e. The number of ether oxygens (including phenoxy) is 1. The van der Waals surface area contributed by atoms with Gasteiger partial charge in [-0.3, -0.25) is 9.36 Å². The lowest BCUT2D eigenvalue weighted by Gasteiger charge is -2.14. The number of carbonyl (C=O) groups is 1. The van der Waals surface area contributed by atoms with Crippen LogP contribution in [-0.4, -0.2) is 44.5 Å². The minimum atomic E-state index is -0.827. The van der Waals surface area contributed by atoms with Crippen molar-refractivity contribution in [1.29, 1.82) is 0 Å². The number of aliphatic hydroxyl groups excluding tert-OH is 2. The third-order valence-electron chi connectivity index (χ3n) is 3.30.